The fourth-order valence-corrected chi connectivity index (χ4v) is 4.18. The van der Waals surface area contributed by atoms with Gasteiger partial charge >= 0.3 is 0 Å². The first-order valence-corrected chi connectivity index (χ1v) is 9.71. The number of aryl methyl sites for hydroxylation is 2. The Morgan fingerprint density at radius 3 is 2.33 bits per heavy atom. The maximum atomic E-state index is 9.86. The van der Waals surface area contributed by atoms with E-state index < -0.39 is 5.41 Å². The third kappa shape index (κ3) is 3.52. The molecule has 1 aromatic heterocycles. The highest BCUT2D eigenvalue weighted by Gasteiger charge is 2.41. The minimum atomic E-state index is -0.766. The SMILES string of the molecule is C/C(=N/O)C(c1ccc(Br)cc1)(c1ccnc(C)c1)c1ccc(Cl)cc1C. The van der Waals surface area contributed by atoms with Gasteiger partial charge in [0.25, 0.3) is 0 Å². The molecule has 0 bridgehead atoms. The van der Waals surface area contributed by atoms with Crippen LogP contribution in [0.5, 0.6) is 0 Å². The van der Waals surface area contributed by atoms with Crippen molar-refractivity contribution in [2.75, 3.05) is 0 Å². The lowest BCUT2D eigenvalue weighted by Crippen LogP contribution is -2.38. The molecule has 0 aliphatic rings. The molecule has 5 heteroatoms. The molecular formula is C22H20BrClN2O. The molecule has 1 atom stereocenters. The van der Waals surface area contributed by atoms with E-state index in [1.165, 1.54) is 0 Å². The summed E-state index contributed by atoms with van der Waals surface area (Å²) in [7, 11) is 0. The number of rotatable bonds is 4. The summed E-state index contributed by atoms with van der Waals surface area (Å²) in [5, 5.41) is 14.2. The molecule has 138 valence electrons. The summed E-state index contributed by atoms with van der Waals surface area (Å²) in [5.74, 6) is 0. The van der Waals surface area contributed by atoms with Gasteiger partial charge in [-0.15, -0.1) is 0 Å². The molecule has 2 aromatic carbocycles. The molecule has 0 fully saturated rings. The summed E-state index contributed by atoms with van der Waals surface area (Å²) in [5.41, 5.74) is 4.71. The van der Waals surface area contributed by atoms with E-state index in [2.05, 4.69) is 26.1 Å². The van der Waals surface area contributed by atoms with E-state index in [-0.39, 0.29) is 0 Å². The van der Waals surface area contributed by atoms with Crippen LogP contribution in [0.2, 0.25) is 5.02 Å². The zero-order valence-electron chi connectivity index (χ0n) is 15.4. The highest BCUT2D eigenvalue weighted by atomic mass is 79.9. The number of oxime groups is 1. The Labute approximate surface area is 172 Å². The van der Waals surface area contributed by atoms with Crippen molar-refractivity contribution in [1.82, 2.24) is 4.98 Å². The molecular weight excluding hydrogens is 424 g/mol. The van der Waals surface area contributed by atoms with Crippen molar-refractivity contribution < 1.29 is 5.21 Å². The number of aromatic nitrogens is 1. The molecule has 27 heavy (non-hydrogen) atoms. The van der Waals surface area contributed by atoms with Crippen LogP contribution in [0.3, 0.4) is 0 Å². The fraction of sp³-hybridized carbons (Fsp3) is 0.182. The Morgan fingerprint density at radius 2 is 1.74 bits per heavy atom. The minimum Gasteiger partial charge on any atom is -0.411 e. The quantitative estimate of drug-likeness (QED) is 0.292. The lowest BCUT2D eigenvalue weighted by Gasteiger charge is -2.36. The maximum absolute atomic E-state index is 9.86. The van der Waals surface area contributed by atoms with Gasteiger partial charge in [-0.25, -0.2) is 0 Å². The summed E-state index contributed by atoms with van der Waals surface area (Å²) in [4.78, 5) is 4.35. The predicted molar refractivity (Wildman–Crippen MR) is 114 cm³/mol. The van der Waals surface area contributed by atoms with Gasteiger partial charge in [0.05, 0.1) is 11.1 Å². The smallest absolute Gasteiger partial charge is 0.0868 e. The molecule has 0 radical (unpaired) electrons. The molecule has 0 saturated carbocycles. The molecule has 0 spiro atoms. The van der Waals surface area contributed by atoms with E-state index in [9.17, 15) is 5.21 Å². The van der Waals surface area contributed by atoms with Crippen LogP contribution in [0, 0.1) is 13.8 Å². The van der Waals surface area contributed by atoms with Crippen molar-refractivity contribution in [3.63, 3.8) is 0 Å². The molecule has 0 saturated heterocycles. The van der Waals surface area contributed by atoms with Crippen molar-refractivity contribution in [3.8, 4) is 0 Å². The number of hydrogen-bond acceptors (Lipinski definition) is 3. The van der Waals surface area contributed by atoms with Gasteiger partial charge in [-0.3, -0.25) is 4.98 Å². The van der Waals surface area contributed by atoms with E-state index in [0.717, 1.165) is 32.4 Å². The van der Waals surface area contributed by atoms with Crippen molar-refractivity contribution in [1.29, 1.82) is 0 Å². The molecule has 1 unspecified atom stereocenters. The fourth-order valence-electron chi connectivity index (χ4n) is 3.69. The predicted octanol–water partition coefficient (Wildman–Crippen LogP) is 6.30. The second kappa shape index (κ2) is 7.83. The second-order valence-corrected chi connectivity index (χ2v) is 7.94. The van der Waals surface area contributed by atoms with Gasteiger partial charge in [0, 0.05) is 21.4 Å². The molecule has 1 heterocycles. The number of hydrogen-bond donors (Lipinski definition) is 1. The van der Waals surface area contributed by atoms with Crippen molar-refractivity contribution >= 4 is 33.2 Å². The first-order chi connectivity index (χ1) is 12.9. The topological polar surface area (TPSA) is 45.5 Å². The number of halogens is 2. The third-order valence-electron chi connectivity index (χ3n) is 4.89. The van der Waals surface area contributed by atoms with Crippen LogP contribution in [0.4, 0.5) is 0 Å². The van der Waals surface area contributed by atoms with Gasteiger partial charge in [0.15, 0.2) is 0 Å². The van der Waals surface area contributed by atoms with Crippen LogP contribution in [0.1, 0.15) is 34.9 Å². The van der Waals surface area contributed by atoms with Crippen molar-refractivity contribution in [2.24, 2.45) is 5.16 Å². The van der Waals surface area contributed by atoms with Crippen LogP contribution < -0.4 is 0 Å². The van der Waals surface area contributed by atoms with Crippen molar-refractivity contribution in [3.05, 3.63) is 98.2 Å². The molecule has 0 amide bonds. The highest BCUT2D eigenvalue weighted by Crippen LogP contribution is 2.43. The summed E-state index contributed by atoms with van der Waals surface area (Å²) in [6.45, 7) is 5.81. The maximum Gasteiger partial charge on any atom is 0.0868 e. The zero-order chi connectivity index (χ0) is 19.6. The monoisotopic (exact) mass is 442 g/mol. The second-order valence-electron chi connectivity index (χ2n) is 6.59. The Kier molecular flexibility index (Phi) is 5.68. The molecule has 3 rings (SSSR count). The standard InChI is InChI=1S/C22H20BrClN2O/c1-14-12-20(24)8-9-21(14)22(16(3)26-27,17-4-6-19(23)7-5-17)18-10-11-25-15(2)13-18/h4-13,27H,1-3H3/b26-16-. The van der Waals surface area contributed by atoms with Crippen LogP contribution in [-0.4, -0.2) is 15.9 Å². The summed E-state index contributed by atoms with van der Waals surface area (Å²) < 4.78 is 0.984. The van der Waals surface area contributed by atoms with Crippen LogP contribution in [-0.2, 0) is 5.41 Å². The van der Waals surface area contributed by atoms with Gasteiger partial charge in [0.2, 0.25) is 0 Å². The van der Waals surface area contributed by atoms with Gasteiger partial charge in [-0.05, 0) is 79.4 Å². The number of pyridine rings is 1. The van der Waals surface area contributed by atoms with Crippen LogP contribution in [0.25, 0.3) is 0 Å². The number of nitrogens with zero attached hydrogens (tertiary/aromatic N) is 2. The molecule has 1 N–H and O–H groups in total. The third-order valence-corrected chi connectivity index (χ3v) is 5.66. The van der Waals surface area contributed by atoms with Crippen molar-refractivity contribution in [2.45, 2.75) is 26.2 Å². The Hall–Kier alpha value is -2.17. The van der Waals surface area contributed by atoms with E-state index >= 15 is 0 Å². The zero-order valence-corrected chi connectivity index (χ0v) is 17.7. The Bertz CT molecular complexity index is 1000. The lowest BCUT2D eigenvalue weighted by molar-refractivity contribution is 0.315. The largest absolute Gasteiger partial charge is 0.411 e. The highest BCUT2D eigenvalue weighted by molar-refractivity contribution is 9.10. The summed E-state index contributed by atoms with van der Waals surface area (Å²) >= 11 is 9.73. The van der Waals surface area contributed by atoms with Crippen LogP contribution in [0.15, 0.2) is 70.4 Å². The molecule has 3 aromatic rings. The molecule has 0 aliphatic heterocycles. The molecule has 0 aliphatic carbocycles. The van der Waals surface area contributed by atoms with E-state index in [4.69, 9.17) is 11.6 Å². The van der Waals surface area contributed by atoms with Gasteiger partial charge in [-0.2, -0.15) is 0 Å². The van der Waals surface area contributed by atoms with Gasteiger partial charge in [0.1, 0.15) is 0 Å². The minimum absolute atomic E-state index is 0.570. The Morgan fingerprint density at radius 1 is 1.04 bits per heavy atom. The summed E-state index contributed by atoms with van der Waals surface area (Å²) in [6, 6.07) is 17.9. The van der Waals surface area contributed by atoms with Crippen LogP contribution >= 0.6 is 27.5 Å². The number of benzene rings is 2. The van der Waals surface area contributed by atoms with E-state index in [1.807, 2.05) is 75.4 Å². The van der Waals surface area contributed by atoms with Gasteiger partial charge in [-0.1, -0.05) is 50.9 Å². The average molecular weight is 444 g/mol. The Balaban J connectivity index is 2.47. The summed E-state index contributed by atoms with van der Waals surface area (Å²) in [6.07, 6.45) is 1.79. The lowest BCUT2D eigenvalue weighted by atomic mass is 9.65. The van der Waals surface area contributed by atoms with E-state index in [0.29, 0.717) is 10.7 Å². The first kappa shape index (κ1) is 19.6. The first-order valence-electron chi connectivity index (χ1n) is 8.54. The normalized spacial score (nSPS) is 14.0. The van der Waals surface area contributed by atoms with E-state index in [1.54, 1.807) is 6.20 Å². The van der Waals surface area contributed by atoms with Gasteiger partial charge < -0.3 is 5.21 Å². The average Bonchev–Trinajstić information content (AvgIpc) is 2.65. The molecule has 3 nitrogen and oxygen atoms in total.